The molecule has 27 heteroatoms. The molecule has 0 spiro atoms. The molecule has 3 atom stereocenters. The van der Waals surface area contributed by atoms with E-state index in [1.54, 1.807) is 70.7 Å². The van der Waals surface area contributed by atoms with Crippen LogP contribution in [-0.4, -0.2) is 230 Å². The molecule has 4 fully saturated rings. The van der Waals surface area contributed by atoms with Gasteiger partial charge in [0.15, 0.2) is 34.5 Å². The van der Waals surface area contributed by atoms with Crippen LogP contribution in [0.3, 0.4) is 0 Å². The number of aromatic nitrogens is 2. The topological polar surface area (TPSA) is 223 Å². The van der Waals surface area contributed by atoms with Gasteiger partial charge in [0.25, 0.3) is 27.7 Å². The molecule has 9 heterocycles. The van der Waals surface area contributed by atoms with Crippen molar-refractivity contribution in [2.45, 2.75) is 115 Å². The number of aryl methyl sites for hydroxylation is 1. The van der Waals surface area contributed by atoms with Gasteiger partial charge in [0, 0.05) is 192 Å². The SMILES string of the molecule is CCN1CCN(c2cccc3c2CN(C(CC2CCN(S(=O)(=O)c4cccs4)CC2)c2ccc(OC)c(OC)c2)C3=O)CC1.CCN1CCN(c2cccc3c2CN(C(c2cccc(NCc4ccccc4)c2)c2ccc(OC)c(OC)c2)C3=O)CC1.CCc1ccnc(NCCC[C@H](c2ccc(OC)c(OC)c2)N2Cc3c(cccc3N3CCN(CC)CC3)C2=O)n1. The van der Waals surface area contributed by atoms with Gasteiger partial charge in [0.2, 0.25) is 5.95 Å². The zero-order valence-electron chi connectivity index (χ0n) is 75.8. The van der Waals surface area contributed by atoms with E-state index in [1.165, 1.54) is 28.3 Å². The summed E-state index contributed by atoms with van der Waals surface area (Å²) in [6.07, 6.45) is 6.51. The lowest BCUT2D eigenvalue weighted by atomic mass is 9.87. The fraction of sp³-hybridized carbons (Fsp3) is 0.416. The number of nitrogens with zero attached hydrogens (tertiary/aromatic N) is 12. The largest absolute Gasteiger partial charge is 0.493 e. The van der Waals surface area contributed by atoms with Gasteiger partial charge in [-0.2, -0.15) is 4.31 Å². The van der Waals surface area contributed by atoms with Crippen molar-refractivity contribution in [2.24, 2.45) is 5.92 Å². The highest BCUT2D eigenvalue weighted by Crippen LogP contribution is 2.47. The number of benzene rings is 8. The van der Waals surface area contributed by atoms with Crippen LogP contribution in [0.2, 0.25) is 0 Å². The lowest BCUT2D eigenvalue weighted by molar-refractivity contribution is 0.0657. The first-order chi connectivity index (χ1) is 62.5. The van der Waals surface area contributed by atoms with E-state index in [-0.39, 0.29) is 41.8 Å². The molecule has 2 N–H and O–H groups in total. The van der Waals surface area contributed by atoms with Crippen molar-refractivity contribution in [3.05, 3.63) is 260 Å². The van der Waals surface area contributed by atoms with E-state index in [9.17, 15) is 22.8 Å². The van der Waals surface area contributed by atoms with Gasteiger partial charge in [-0.05, 0) is 194 Å². The van der Waals surface area contributed by atoms with Crippen LogP contribution in [-0.2, 0) is 42.6 Å². The molecule has 2 aromatic heterocycles. The molecule has 3 amide bonds. The number of ether oxygens (including phenoxy) is 6. The number of piperazine rings is 3. The average Bonchev–Trinajstić information content (AvgIpc) is 1.50. The van der Waals surface area contributed by atoms with Crippen LogP contribution >= 0.6 is 11.3 Å². The van der Waals surface area contributed by atoms with E-state index < -0.39 is 10.0 Å². The molecule has 0 aliphatic carbocycles. The van der Waals surface area contributed by atoms with E-state index in [0.717, 1.165) is 209 Å². The molecule has 10 aromatic rings. The van der Waals surface area contributed by atoms with Gasteiger partial charge in [0.1, 0.15) is 4.21 Å². The number of hydrogen-bond acceptors (Lipinski definition) is 22. The molecule has 676 valence electrons. The Morgan fingerprint density at radius 3 is 1.38 bits per heavy atom. The van der Waals surface area contributed by atoms with E-state index in [4.69, 9.17) is 28.4 Å². The Hall–Kier alpha value is -11.5. The molecule has 7 aliphatic heterocycles. The molecule has 8 aromatic carbocycles. The second-order valence-corrected chi connectivity index (χ2v) is 36.6. The predicted molar refractivity (Wildman–Crippen MR) is 508 cm³/mol. The van der Waals surface area contributed by atoms with Crippen LogP contribution in [0.25, 0.3) is 0 Å². The summed E-state index contributed by atoms with van der Waals surface area (Å²) in [5, 5.41) is 8.74. The van der Waals surface area contributed by atoms with Crippen molar-refractivity contribution in [3.63, 3.8) is 0 Å². The summed E-state index contributed by atoms with van der Waals surface area (Å²) in [5.41, 5.74) is 16.5. The van der Waals surface area contributed by atoms with E-state index >= 15 is 0 Å². The Morgan fingerprint density at radius 2 is 0.898 bits per heavy atom. The van der Waals surface area contributed by atoms with Gasteiger partial charge in [-0.15, -0.1) is 11.3 Å². The summed E-state index contributed by atoms with van der Waals surface area (Å²) in [4.78, 5) is 72.0. The van der Waals surface area contributed by atoms with Gasteiger partial charge < -0.3 is 83.2 Å². The standard InChI is InChI=1S/C36H40N4O3.C33H42N4O5S2.C32H42N6O3/c1-4-38-18-20-39(21-19-38)32-15-9-14-30-31(32)25-40(36(30)41)35(28-16-17-33(42-2)34(23-28)43-3)27-12-8-13-29(22-27)37-24-26-10-6-5-7-11-26;1-4-34-16-18-35(19-17-34)28-8-5-7-26-27(28)23-37(33(26)38)29(25-10-11-30(41-2)31(22-25)42-3)21-24-12-14-36(15-13-24)44(39,40)32-9-6-20-43-32;1-5-24-14-16-34-32(35-24)33-15-8-11-27(23-12-13-29(40-3)30(21-23)41-4)38-22-26-25(31(38)39)9-7-10-28(26)37-19-17-36(6-2)18-20-37/h5-17,22-23,35,37H,4,18-21,24-25H2,1-3H3;5-11,20,22,24,29H,4,12-19,21,23H2,1-3H3;7,9-10,12-14,16,21,27H,5-6,8,11,15,17-20,22H2,1-4H3,(H,33,34,35)/t;;27-/m..1/s1. The Kier molecular flexibility index (Phi) is 30.4. The highest BCUT2D eigenvalue weighted by Gasteiger charge is 2.42. The quantitative estimate of drug-likeness (QED) is 0.0374. The number of carbonyl (C=O) groups excluding carboxylic acids is 3. The first-order valence-corrected chi connectivity index (χ1v) is 47.6. The second kappa shape index (κ2) is 42.6. The first kappa shape index (κ1) is 91.3. The minimum absolute atomic E-state index is 0.0477. The van der Waals surface area contributed by atoms with Crippen molar-refractivity contribution >= 4 is 67.8 Å². The summed E-state index contributed by atoms with van der Waals surface area (Å²) in [6, 6.07) is 59.9. The van der Waals surface area contributed by atoms with Crippen molar-refractivity contribution < 1.29 is 51.2 Å². The van der Waals surface area contributed by atoms with E-state index in [0.29, 0.717) is 90.5 Å². The number of hydrogen-bond donors (Lipinski definition) is 2. The van der Waals surface area contributed by atoms with Crippen LogP contribution in [0.15, 0.2) is 198 Å². The highest BCUT2D eigenvalue weighted by atomic mass is 32.2. The normalized spacial score (nSPS) is 17.1. The Morgan fingerprint density at radius 1 is 0.445 bits per heavy atom. The Balaban J connectivity index is 0.000000148. The van der Waals surface area contributed by atoms with Gasteiger partial charge in [-0.25, -0.2) is 18.4 Å². The zero-order chi connectivity index (χ0) is 89.4. The summed E-state index contributed by atoms with van der Waals surface area (Å²) < 4.78 is 61.9. The number of fused-ring (bicyclic) bond motifs is 3. The molecule has 0 saturated carbocycles. The maximum absolute atomic E-state index is 14.2. The minimum Gasteiger partial charge on any atom is -0.493 e. The molecule has 4 saturated heterocycles. The molecule has 0 bridgehead atoms. The van der Waals surface area contributed by atoms with Gasteiger partial charge >= 0.3 is 0 Å². The van der Waals surface area contributed by atoms with Crippen molar-refractivity contribution in [1.82, 2.24) is 43.7 Å². The molecule has 0 radical (unpaired) electrons. The molecule has 17 rings (SSSR count). The predicted octanol–water partition coefficient (Wildman–Crippen LogP) is 16.1. The lowest BCUT2D eigenvalue weighted by Crippen LogP contribution is -2.46. The van der Waals surface area contributed by atoms with E-state index in [2.05, 4.69) is 150 Å². The van der Waals surface area contributed by atoms with Crippen molar-refractivity contribution in [2.75, 3.05) is 186 Å². The second-order valence-electron chi connectivity index (χ2n) is 33.5. The smallest absolute Gasteiger partial charge is 0.255 e. The number of rotatable bonds is 32. The summed E-state index contributed by atoms with van der Waals surface area (Å²) >= 11 is 1.26. The number of amides is 3. The van der Waals surface area contributed by atoms with Crippen molar-refractivity contribution in [1.29, 1.82) is 0 Å². The number of thiophene rings is 1. The third kappa shape index (κ3) is 20.5. The zero-order valence-corrected chi connectivity index (χ0v) is 77.4. The Bertz CT molecular complexity index is 5540. The number of methoxy groups -OCH3 is 6. The maximum atomic E-state index is 14.2. The summed E-state index contributed by atoms with van der Waals surface area (Å²) in [7, 11) is 6.34. The van der Waals surface area contributed by atoms with Crippen LogP contribution in [0, 0.1) is 5.92 Å². The van der Waals surface area contributed by atoms with E-state index in [1.807, 2.05) is 112 Å². The highest BCUT2D eigenvalue weighted by molar-refractivity contribution is 7.91. The molecule has 25 nitrogen and oxygen atoms in total. The first-order valence-electron chi connectivity index (χ1n) is 45.3. The molecule has 7 aliphatic rings. The summed E-state index contributed by atoms with van der Waals surface area (Å²) in [5.74, 6) is 5.00. The fourth-order valence-corrected chi connectivity index (χ4v) is 21.8. The number of carbonyl (C=O) groups is 3. The minimum atomic E-state index is -3.47. The number of nitrogens with one attached hydrogen (secondary N) is 2. The molecular weight excluding hydrogens is 1650 g/mol. The van der Waals surface area contributed by atoms with Crippen molar-refractivity contribution in [3.8, 4) is 34.5 Å². The monoisotopic (exact) mass is 1770 g/mol. The van der Waals surface area contributed by atoms with Gasteiger partial charge in [0.05, 0.1) is 60.8 Å². The third-order valence-electron chi connectivity index (χ3n) is 26.5. The number of piperidine rings is 1. The third-order valence-corrected chi connectivity index (χ3v) is 29.8. The molecule has 128 heavy (non-hydrogen) atoms. The van der Waals surface area contributed by atoms with Crippen LogP contribution < -0.4 is 53.8 Å². The van der Waals surface area contributed by atoms with Crippen LogP contribution in [0.4, 0.5) is 28.7 Å². The lowest BCUT2D eigenvalue weighted by Gasteiger charge is -2.37. The van der Waals surface area contributed by atoms with Crippen LogP contribution in [0.5, 0.6) is 34.5 Å². The molecular formula is C101H124N14O11S2. The maximum Gasteiger partial charge on any atom is 0.255 e. The Labute approximate surface area is 759 Å². The molecule has 2 unspecified atom stereocenters. The number of anilines is 5. The average molecular weight is 1770 g/mol. The summed E-state index contributed by atoms with van der Waals surface area (Å²) in [6.45, 7) is 28.0. The number of sulfonamides is 1. The van der Waals surface area contributed by atoms with Gasteiger partial charge in [-0.1, -0.05) is 113 Å². The van der Waals surface area contributed by atoms with Crippen LogP contribution in [0.1, 0.15) is 159 Å². The number of likely N-dealkylation sites (N-methyl/N-ethyl adjacent to an activating group) is 3. The fourth-order valence-electron chi connectivity index (χ4n) is 19.2. The van der Waals surface area contributed by atoms with Gasteiger partial charge in [-0.3, -0.25) is 14.4 Å².